The van der Waals surface area contributed by atoms with Gasteiger partial charge in [0, 0.05) is 12.6 Å². The summed E-state index contributed by atoms with van der Waals surface area (Å²) in [6, 6.07) is 5.56. The number of nitrogens with zero attached hydrogens (tertiary/aromatic N) is 3. The number of hydrogen-bond donors (Lipinski definition) is 1. The molecule has 24 heavy (non-hydrogen) atoms. The zero-order chi connectivity index (χ0) is 17.9. The van der Waals surface area contributed by atoms with Crippen LogP contribution in [-0.2, 0) is 11.3 Å². The summed E-state index contributed by atoms with van der Waals surface area (Å²) in [7, 11) is 1.22. The van der Waals surface area contributed by atoms with Crippen molar-refractivity contribution in [3.63, 3.8) is 0 Å². The highest BCUT2D eigenvalue weighted by Crippen LogP contribution is 2.24. The van der Waals surface area contributed by atoms with Crippen LogP contribution in [0.25, 0.3) is 0 Å². The van der Waals surface area contributed by atoms with E-state index in [1.54, 1.807) is 13.8 Å². The third kappa shape index (κ3) is 3.09. The number of esters is 1. The van der Waals surface area contributed by atoms with Gasteiger partial charge in [0.25, 0.3) is 11.6 Å². The van der Waals surface area contributed by atoms with Crippen LogP contribution in [0.3, 0.4) is 0 Å². The summed E-state index contributed by atoms with van der Waals surface area (Å²) in [5.74, 6) is -1.36. The highest BCUT2D eigenvalue weighted by atomic mass is 16.6. The number of hydrogen-bond acceptors (Lipinski definition) is 6. The molecular weight excluding hydrogens is 316 g/mol. The molecule has 1 aromatic carbocycles. The third-order valence-corrected chi connectivity index (χ3v) is 3.39. The Morgan fingerprint density at radius 2 is 2.04 bits per heavy atom. The van der Waals surface area contributed by atoms with E-state index in [9.17, 15) is 19.7 Å². The van der Waals surface area contributed by atoms with Crippen LogP contribution < -0.4 is 5.32 Å². The first-order valence-corrected chi connectivity index (χ1v) is 7.11. The molecule has 0 fully saturated rings. The molecule has 0 aliphatic carbocycles. The molecule has 1 heterocycles. The molecule has 9 nitrogen and oxygen atoms in total. The molecule has 0 atom stereocenters. The van der Waals surface area contributed by atoms with E-state index in [1.807, 2.05) is 0 Å². The van der Waals surface area contributed by atoms with Gasteiger partial charge in [-0.2, -0.15) is 5.10 Å². The molecule has 0 aliphatic rings. The second-order valence-corrected chi connectivity index (χ2v) is 4.84. The van der Waals surface area contributed by atoms with Crippen LogP contribution in [0.15, 0.2) is 24.3 Å². The monoisotopic (exact) mass is 332 g/mol. The first-order valence-electron chi connectivity index (χ1n) is 7.11. The quantitative estimate of drug-likeness (QED) is 0.509. The normalized spacial score (nSPS) is 10.3. The Hall–Kier alpha value is -3.23. The number of nitrogens with one attached hydrogen (secondary N) is 1. The Balaban J connectivity index is 2.45. The van der Waals surface area contributed by atoms with Gasteiger partial charge in [-0.3, -0.25) is 19.6 Å². The number of aromatic nitrogens is 2. The number of nitro benzene ring substituents is 1. The Kier molecular flexibility index (Phi) is 4.93. The maximum Gasteiger partial charge on any atom is 0.358 e. The Bertz CT molecular complexity index is 812. The number of anilines is 1. The summed E-state index contributed by atoms with van der Waals surface area (Å²) in [6.07, 6.45) is 0. The van der Waals surface area contributed by atoms with Gasteiger partial charge in [0.05, 0.1) is 23.4 Å². The van der Waals surface area contributed by atoms with E-state index in [1.165, 1.54) is 36.1 Å². The molecule has 0 spiro atoms. The summed E-state index contributed by atoms with van der Waals surface area (Å²) in [6.45, 7) is 3.80. The summed E-state index contributed by atoms with van der Waals surface area (Å²) in [4.78, 5) is 34.8. The van der Waals surface area contributed by atoms with Crippen molar-refractivity contribution in [2.24, 2.45) is 0 Å². The van der Waals surface area contributed by atoms with Crippen molar-refractivity contribution in [2.45, 2.75) is 20.4 Å². The van der Waals surface area contributed by atoms with Crippen molar-refractivity contribution in [3.05, 3.63) is 51.3 Å². The summed E-state index contributed by atoms with van der Waals surface area (Å²) < 4.78 is 6.12. The number of benzene rings is 1. The second kappa shape index (κ2) is 6.90. The largest absolute Gasteiger partial charge is 0.464 e. The molecular formula is C15H16N4O5. The van der Waals surface area contributed by atoms with Crippen molar-refractivity contribution in [3.8, 4) is 0 Å². The van der Waals surface area contributed by atoms with Gasteiger partial charge in [-0.15, -0.1) is 0 Å². The third-order valence-electron chi connectivity index (χ3n) is 3.39. The molecule has 126 valence electrons. The predicted molar refractivity (Wildman–Crippen MR) is 85.0 cm³/mol. The van der Waals surface area contributed by atoms with Crippen molar-refractivity contribution in [1.29, 1.82) is 0 Å². The fourth-order valence-corrected chi connectivity index (χ4v) is 2.27. The topological polar surface area (TPSA) is 116 Å². The first kappa shape index (κ1) is 17.1. The molecule has 2 rings (SSSR count). The standard InChI is InChI=1S/C15H16N4O5/c1-4-18-13(15(21)24-3)12(9(2)17-18)16-14(20)10-7-5-6-8-11(10)19(22)23/h5-8H,4H2,1-3H3,(H,16,20). The maximum absolute atomic E-state index is 12.4. The summed E-state index contributed by atoms with van der Waals surface area (Å²) in [5.41, 5.74) is 0.234. The number of carbonyl (C=O) groups excluding carboxylic acids is 2. The van der Waals surface area contributed by atoms with Crippen LogP contribution in [-0.4, -0.2) is 33.7 Å². The highest BCUT2D eigenvalue weighted by molar-refractivity contribution is 6.10. The number of nitro groups is 1. The van der Waals surface area contributed by atoms with E-state index >= 15 is 0 Å². The van der Waals surface area contributed by atoms with Crippen LogP contribution >= 0.6 is 0 Å². The number of methoxy groups -OCH3 is 1. The molecule has 0 aliphatic heterocycles. The van der Waals surface area contributed by atoms with Crippen molar-refractivity contribution >= 4 is 23.3 Å². The van der Waals surface area contributed by atoms with Crippen molar-refractivity contribution < 1.29 is 19.2 Å². The minimum absolute atomic E-state index is 0.0874. The minimum atomic E-state index is -0.703. The zero-order valence-corrected chi connectivity index (χ0v) is 13.4. The SMILES string of the molecule is CCn1nc(C)c(NC(=O)c2ccccc2[N+](=O)[O-])c1C(=O)OC. The molecule has 1 aromatic heterocycles. The molecule has 0 radical (unpaired) electrons. The lowest BCUT2D eigenvalue weighted by Gasteiger charge is -2.08. The number of amides is 1. The number of para-hydroxylation sites is 1. The van der Waals surface area contributed by atoms with E-state index in [4.69, 9.17) is 4.74 Å². The van der Waals surface area contributed by atoms with E-state index in [0.717, 1.165) is 0 Å². The average molecular weight is 332 g/mol. The Labute approximate surface area is 137 Å². The first-order chi connectivity index (χ1) is 11.4. The van der Waals surface area contributed by atoms with Crippen LogP contribution in [0.2, 0.25) is 0 Å². The fourth-order valence-electron chi connectivity index (χ4n) is 2.27. The molecule has 9 heteroatoms. The molecule has 0 unspecified atom stereocenters. The van der Waals surface area contributed by atoms with Crippen molar-refractivity contribution in [1.82, 2.24) is 9.78 Å². The van der Waals surface area contributed by atoms with Gasteiger partial charge in [-0.05, 0) is 19.9 Å². The van der Waals surface area contributed by atoms with Crippen LogP contribution in [0.4, 0.5) is 11.4 Å². The van der Waals surface area contributed by atoms with Gasteiger partial charge in [0.15, 0.2) is 5.69 Å². The smallest absolute Gasteiger partial charge is 0.358 e. The Morgan fingerprint density at radius 1 is 1.38 bits per heavy atom. The molecule has 0 saturated carbocycles. The van der Waals surface area contributed by atoms with Gasteiger partial charge in [0.1, 0.15) is 5.56 Å². The van der Waals surface area contributed by atoms with E-state index in [-0.39, 0.29) is 22.6 Å². The lowest BCUT2D eigenvalue weighted by molar-refractivity contribution is -0.385. The van der Waals surface area contributed by atoms with Crippen LogP contribution in [0.5, 0.6) is 0 Å². The van der Waals surface area contributed by atoms with Gasteiger partial charge in [0.2, 0.25) is 0 Å². The van der Waals surface area contributed by atoms with Gasteiger partial charge < -0.3 is 10.1 Å². The number of carbonyl (C=O) groups is 2. The summed E-state index contributed by atoms with van der Waals surface area (Å²) >= 11 is 0. The predicted octanol–water partition coefficient (Wildman–Crippen LogP) is 2.16. The van der Waals surface area contributed by atoms with Crippen LogP contribution in [0.1, 0.15) is 33.5 Å². The van der Waals surface area contributed by atoms with Gasteiger partial charge in [-0.1, -0.05) is 12.1 Å². The maximum atomic E-state index is 12.4. The minimum Gasteiger partial charge on any atom is -0.464 e. The van der Waals surface area contributed by atoms with Gasteiger partial charge >= 0.3 is 5.97 Å². The van der Waals surface area contributed by atoms with E-state index in [0.29, 0.717) is 12.2 Å². The van der Waals surface area contributed by atoms with E-state index in [2.05, 4.69) is 10.4 Å². The average Bonchev–Trinajstić information content (AvgIpc) is 2.89. The van der Waals surface area contributed by atoms with E-state index < -0.39 is 16.8 Å². The zero-order valence-electron chi connectivity index (χ0n) is 13.4. The highest BCUT2D eigenvalue weighted by Gasteiger charge is 2.26. The molecule has 2 aromatic rings. The number of ether oxygens (including phenoxy) is 1. The molecule has 0 bridgehead atoms. The second-order valence-electron chi connectivity index (χ2n) is 4.84. The summed E-state index contributed by atoms with van der Waals surface area (Å²) in [5, 5.41) is 17.8. The lowest BCUT2D eigenvalue weighted by atomic mass is 10.1. The van der Waals surface area contributed by atoms with Gasteiger partial charge in [-0.25, -0.2) is 4.79 Å². The lowest BCUT2D eigenvalue weighted by Crippen LogP contribution is -2.18. The molecule has 0 saturated heterocycles. The Morgan fingerprint density at radius 3 is 2.62 bits per heavy atom. The number of rotatable bonds is 5. The number of aryl methyl sites for hydroxylation is 2. The van der Waals surface area contributed by atoms with Crippen molar-refractivity contribution in [2.75, 3.05) is 12.4 Å². The molecule has 1 N–H and O–H groups in total. The fraction of sp³-hybridized carbons (Fsp3) is 0.267. The van der Waals surface area contributed by atoms with Crippen LogP contribution in [0, 0.1) is 17.0 Å². The molecule has 1 amide bonds.